The van der Waals surface area contributed by atoms with Crippen molar-refractivity contribution in [2.75, 3.05) is 0 Å². The first-order chi connectivity index (χ1) is 8.77. The molecule has 100 valence electrons. The van der Waals surface area contributed by atoms with Crippen LogP contribution in [0.3, 0.4) is 0 Å². The third kappa shape index (κ3) is 2.76. The second kappa shape index (κ2) is 6.35. The molecule has 0 radical (unpaired) electrons. The molecule has 1 aromatic carbocycles. The van der Waals surface area contributed by atoms with Crippen LogP contribution in [-0.4, -0.2) is 6.04 Å². The highest BCUT2D eigenvalue weighted by molar-refractivity contribution is 5.33. The Balaban J connectivity index is 2.22. The zero-order valence-electron chi connectivity index (χ0n) is 11.7. The van der Waals surface area contributed by atoms with Gasteiger partial charge in [0.2, 0.25) is 0 Å². The molecule has 0 aromatic heterocycles. The van der Waals surface area contributed by atoms with Crippen molar-refractivity contribution in [2.24, 2.45) is 11.8 Å². The molecule has 0 aliphatic heterocycles. The number of nitrogens with one attached hydrogen (secondary N) is 1. The monoisotopic (exact) mass is 246 g/mol. The van der Waals surface area contributed by atoms with E-state index in [0.29, 0.717) is 17.9 Å². The summed E-state index contributed by atoms with van der Waals surface area (Å²) in [6, 6.07) is 9.30. The Kier molecular flexibility index (Phi) is 4.79. The van der Waals surface area contributed by atoms with Crippen molar-refractivity contribution >= 4 is 0 Å². The standard InChI is InChI=1S/C16H26N2/c1-3-7-12(2)16(18-17)15-11-6-9-13-8-4-5-10-14(13)15/h4-5,8,10,12,15-16,18H,3,6-7,9,11,17H2,1-2H3. The zero-order chi connectivity index (χ0) is 13.0. The summed E-state index contributed by atoms with van der Waals surface area (Å²) in [7, 11) is 0. The van der Waals surface area contributed by atoms with Crippen LogP contribution in [0, 0.1) is 5.92 Å². The second-order valence-electron chi connectivity index (χ2n) is 5.66. The molecule has 3 unspecified atom stereocenters. The lowest BCUT2D eigenvalue weighted by Gasteiger charge is -2.35. The smallest absolute Gasteiger partial charge is 0.0304 e. The topological polar surface area (TPSA) is 38.0 Å². The first-order valence-electron chi connectivity index (χ1n) is 7.31. The molecule has 2 heteroatoms. The first kappa shape index (κ1) is 13.6. The predicted octanol–water partition coefficient (Wildman–Crippen LogP) is 3.37. The Labute approximate surface area is 111 Å². The summed E-state index contributed by atoms with van der Waals surface area (Å²) in [5.41, 5.74) is 6.15. The molecule has 3 N–H and O–H groups in total. The van der Waals surface area contributed by atoms with Crippen molar-refractivity contribution in [3.05, 3.63) is 35.4 Å². The molecule has 0 bridgehead atoms. The second-order valence-corrected chi connectivity index (χ2v) is 5.66. The van der Waals surface area contributed by atoms with Crippen LogP contribution >= 0.6 is 0 Å². The molecule has 0 saturated heterocycles. The maximum atomic E-state index is 5.84. The highest BCUT2D eigenvalue weighted by atomic mass is 15.2. The summed E-state index contributed by atoms with van der Waals surface area (Å²) in [5.74, 6) is 7.06. The summed E-state index contributed by atoms with van der Waals surface area (Å²) in [6.45, 7) is 4.57. The fourth-order valence-corrected chi connectivity index (χ4v) is 3.48. The van der Waals surface area contributed by atoms with Crippen molar-refractivity contribution in [1.29, 1.82) is 0 Å². The molecule has 0 amide bonds. The highest BCUT2D eigenvalue weighted by Gasteiger charge is 2.30. The van der Waals surface area contributed by atoms with Gasteiger partial charge in [-0.3, -0.25) is 11.3 Å². The van der Waals surface area contributed by atoms with Gasteiger partial charge in [0.1, 0.15) is 0 Å². The van der Waals surface area contributed by atoms with Gasteiger partial charge in [-0.05, 0) is 42.7 Å². The number of nitrogens with two attached hydrogens (primary N) is 1. The van der Waals surface area contributed by atoms with Crippen molar-refractivity contribution in [3.63, 3.8) is 0 Å². The van der Waals surface area contributed by atoms with Crippen LogP contribution in [0.15, 0.2) is 24.3 Å². The number of fused-ring (bicyclic) bond motifs is 1. The normalized spacial score (nSPS) is 22.3. The lowest BCUT2D eigenvalue weighted by Crippen LogP contribution is -2.45. The molecule has 2 nitrogen and oxygen atoms in total. The van der Waals surface area contributed by atoms with Gasteiger partial charge in [-0.25, -0.2) is 0 Å². The summed E-state index contributed by atoms with van der Waals surface area (Å²) in [5, 5.41) is 0. The number of hydrogen-bond donors (Lipinski definition) is 2. The van der Waals surface area contributed by atoms with Crippen LogP contribution in [0.1, 0.15) is 56.6 Å². The Bertz CT molecular complexity index is 375. The third-order valence-electron chi connectivity index (χ3n) is 4.40. The molecule has 2 rings (SSSR count). The maximum absolute atomic E-state index is 5.84. The minimum Gasteiger partial charge on any atom is -0.271 e. The van der Waals surface area contributed by atoms with Gasteiger partial charge in [-0.1, -0.05) is 44.5 Å². The number of benzene rings is 1. The number of aryl methyl sites for hydroxylation is 1. The van der Waals surface area contributed by atoms with E-state index in [1.807, 2.05) is 0 Å². The van der Waals surface area contributed by atoms with Gasteiger partial charge in [0.15, 0.2) is 0 Å². The van der Waals surface area contributed by atoms with Gasteiger partial charge >= 0.3 is 0 Å². The molecule has 0 fully saturated rings. The average molecular weight is 246 g/mol. The van der Waals surface area contributed by atoms with Crippen LogP contribution in [0.4, 0.5) is 0 Å². The van der Waals surface area contributed by atoms with E-state index in [1.54, 1.807) is 0 Å². The molecule has 3 atom stereocenters. The molecule has 18 heavy (non-hydrogen) atoms. The Hall–Kier alpha value is -0.860. The van der Waals surface area contributed by atoms with Gasteiger partial charge in [0, 0.05) is 12.0 Å². The molecular formula is C16H26N2. The van der Waals surface area contributed by atoms with E-state index in [-0.39, 0.29) is 0 Å². The van der Waals surface area contributed by atoms with E-state index in [1.165, 1.54) is 43.2 Å². The van der Waals surface area contributed by atoms with Gasteiger partial charge in [-0.2, -0.15) is 0 Å². The van der Waals surface area contributed by atoms with Crippen LogP contribution in [0.25, 0.3) is 0 Å². The summed E-state index contributed by atoms with van der Waals surface area (Å²) in [6.07, 6.45) is 6.26. The highest BCUT2D eigenvalue weighted by Crippen LogP contribution is 2.36. The lowest BCUT2D eigenvalue weighted by atomic mass is 9.75. The summed E-state index contributed by atoms with van der Waals surface area (Å²) >= 11 is 0. The van der Waals surface area contributed by atoms with Crippen molar-refractivity contribution < 1.29 is 0 Å². The van der Waals surface area contributed by atoms with Crippen LogP contribution in [-0.2, 0) is 6.42 Å². The molecule has 1 aliphatic carbocycles. The van der Waals surface area contributed by atoms with Gasteiger partial charge < -0.3 is 0 Å². The fourth-order valence-electron chi connectivity index (χ4n) is 3.48. The first-order valence-corrected chi connectivity index (χ1v) is 7.31. The largest absolute Gasteiger partial charge is 0.271 e. The number of rotatable bonds is 5. The number of hydrazine groups is 1. The lowest BCUT2D eigenvalue weighted by molar-refractivity contribution is 0.291. The van der Waals surface area contributed by atoms with E-state index >= 15 is 0 Å². The van der Waals surface area contributed by atoms with Crippen LogP contribution in [0.5, 0.6) is 0 Å². The fraction of sp³-hybridized carbons (Fsp3) is 0.625. The zero-order valence-corrected chi connectivity index (χ0v) is 11.7. The van der Waals surface area contributed by atoms with Crippen molar-refractivity contribution in [2.45, 2.75) is 57.9 Å². The average Bonchev–Trinajstić information content (AvgIpc) is 2.40. The van der Waals surface area contributed by atoms with E-state index in [2.05, 4.69) is 43.5 Å². The molecular weight excluding hydrogens is 220 g/mol. The Morgan fingerprint density at radius 3 is 2.89 bits per heavy atom. The van der Waals surface area contributed by atoms with Gasteiger partial charge in [0.05, 0.1) is 0 Å². The molecule has 0 saturated carbocycles. The minimum absolute atomic E-state index is 0.409. The van der Waals surface area contributed by atoms with Gasteiger partial charge in [0.25, 0.3) is 0 Å². The van der Waals surface area contributed by atoms with Gasteiger partial charge in [-0.15, -0.1) is 0 Å². The Morgan fingerprint density at radius 2 is 2.17 bits per heavy atom. The summed E-state index contributed by atoms with van der Waals surface area (Å²) < 4.78 is 0. The molecule has 0 heterocycles. The van der Waals surface area contributed by atoms with Crippen molar-refractivity contribution in [3.8, 4) is 0 Å². The quantitative estimate of drug-likeness (QED) is 0.617. The minimum atomic E-state index is 0.409. The summed E-state index contributed by atoms with van der Waals surface area (Å²) in [4.78, 5) is 0. The van der Waals surface area contributed by atoms with E-state index in [0.717, 1.165) is 0 Å². The van der Waals surface area contributed by atoms with Crippen LogP contribution in [0.2, 0.25) is 0 Å². The maximum Gasteiger partial charge on any atom is 0.0304 e. The van der Waals surface area contributed by atoms with Crippen LogP contribution < -0.4 is 11.3 Å². The van der Waals surface area contributed by atoms with Crippen molar-refractivity contribution in [1.82, 2.24) is 5.43 Å². The van der Waals surface area contributed by atoms with E-state index in [9.17, 15) is 0 Å². The predicted molar refractivity (Wildman–Crippen MR) is 77.3 cm³/mol. The van der Waals surface area contributed by atoms with E-state index in [4.69, 9.17) is 5.84 Å². The molecule has 0 spiro atoms. The third-order valence-corrected chi connectivity index (χ3v) is 4.40. The number of hydrogen-bond acceptors (Lipinski definition) is 2. The van der Waals surface area contributed by atoms with E-state index < -0.39 is 0 Å². The SMILES string of the molecule is CCCC(C)C(NN)C1CCCc2ccccc21. The molecule has 1 aliphatic rings. The Morgan fingerprint density at radius 1 is 1.39 bits per heavy atom. The molecule has 1 aromatic rings.